The van der Waals surface area contributed by atoms with E-state index in [0.29, 0.717) is 24.9 Å². The van der Waals surface area contributed by atoms with Gasteiger partial charge in [-0.3, -0.25) is 9.36 Å². The quantitative estimate of drug-likeness (QED) is 0.370. The summed E-state index contributed by atoms with van der Waals surface area (Å²) in [4.78, 5) is 14.6. The van der Waals surface area contributed by atoms with Crippen LogP contribution < -0.4 is 9.47 Å². The summed E-state index contributed by atoms with van der Waals surface area (Å²) < 4.78 is 13.2. The van der Waals surface area contributed by atoms with Gasteiger partial charge in [-0.05, 0) is 29.8 Å². The predicted octanol–water partition coefficient (Wildman–Crippen LogP) is 4.46. The lowest BCUT2D eigenvalue weighted by Crippen LogP contribution is -2.28. The van der Waals surface area contributed by atoms with Crippen molar-refractivity contribution >= 4 is 17.7 Å². The van der Waals surface area contributed by atoms with E-state index in [0.717, 1.165) is 34.1 Å². The molecule has 7 nitrogen and oxygen atoms in total. The molecule has 0 atom stereocenters. The first-order chi connectivity index (χ1) is 16.7. The van der Waals surface area contributed by atoms with Gasteiger partial charge in [0.05, 0.1) is 5.75 Å². The standard InChI is InChI=1S/C26H24N4O3S/c1-29(17-19-12-13-22-23(16-19)33-15-14-32-22)24(31)18-34-26-28-27-25(20-8-4-2-5-9-20)30(26)21-10-6-3-7-11-21/h2-13,16H,14-15,17-18H2,1H3. The molecule has 34 heavy (non-hydrogen) atoms. The van der Waals surface area contributed by atoms with Gasteiger partial charge in [0.1, 0.15) is 13.2 Å². The molecule has 3 aromatic carbocycles. The largest absolute Gasteiger partial charge is 0.486 e. The molecular weight excluding hydrogens is 448 g/mol. The molecular formula is C26H24N4O3S. The Morgan fingerprint density at radius 2 is 1.65 bits per heavy atom. The summed E-state index contributed by atoms with van der Waals surface area (Å²) in [5.74, 6) is 2.47. The molecule has 0 aliphatic carbocycles. The molecule has 0 spiro atoms. The highest BCUT2D eigenvalue weighted by atomic mass is 32.2. The van der Waals surface area contributed by atoms with Gasteiger partial charge in [-0.1, -0.05) is 66.4 Å². The normalized spacial score (nSPS) is 12.4. The van der Waals surface area contributed by atoms with Crippen LogP contribution in [0.5, 0.6) is 11.5 Å². The van der Waals surface area contributed by atoms with E-state index in [1.54, 1.807) is 11.9 Å². The molecule has 0 unspecified atom stereocenters. The SMILES string of the molecule is CN(Cc1ccc2c(c1)OCCO2)C(=O)CSc1nnc(-c2ccccc2)n1-c1ccccc1. The number of carbonyl (C=O) groups excluding carboxylic acids is 1. The van der Waals surface area contributed by atoms with Gasteiger partial charge in [0.2, 0.25) is 5.91 Å². The highest BCUT2D eigenvalue weighted by molar-refractivity contribution is 7.99. The van der Waals surface area contributed by atoms with E-state index >= 15 is 0 Å². The number of hydrogen-bond donors (Lipinski definition) is 0. The van der Waals surface area contributed by atoms with Crippen LogP contribution in [0.15, 0.2) is 84.0 Å². The molecule has 2 heterocycles. The van der Waals surface area contributed by atoms with Crippen LogP contribution in [0.25, 0.3) is 17.1 Å². The third-order valence-electron chi connectivity index (χ3n) is 5.46. The molecule has 1 amide bonds. The maximum absolute atomic E-state index is 12.9. The first kappa shape index (κ1) is 22.0. The minimum absolute atomic E-state index is 0.00348. The van der Waals surface area contributed by atoms with Crippen LogP contribution >= 0.6 is 11.8 Å². The minimum atomic E-state index is 0.00348. The van der Waals surface area contributed by atoms with Crippen LogP contribution in [0.1, 0.15) is 5.56 Å². The zero-order valence-electron chi connectivity index (χ0n) is 18.8. The van der Waals surface area contributed by atoms with Crippen LogP contribution in [0.2, 0.25) is 0 Å². The molecule has 0 radical (unpaired) electrons. The van der Waals surface area contributed by atoms with Crippen LogP contribution in [0.4, 0.5) is 0 Å². The number of hydrogen-bond acceptors (Lipinski definition) is 6. The van der Waals surface area contributed by atoms with Crippen molar-refractivity contribution in [3.05, 3.63) is 84.4 Å². The van der Waals surface area contributed by atoms with Gasteiger partial charge in [0, 0.05) is 24.8 Å². The fraction of sp³-hybridized carbons (Fsp3) is 0.192. The van der Waals surface area contributed by atoms with Gasteiger partial charge >= 0.3 is 0 Å². The third kappa shape index (κ3) is 4.77. The van der Waals surface area contributed by atoms with Gasteiger partial charge in [0.25, 0.3) is 0 Å². The van der Waals surface area contributed by atoms with Crippen molar-refractivity contribution in [1.82, 2.24) is 19.7 Å². The van der Waals surface area contributed by atoms with Crippen molar-refractivity contribution in [2.24, 2.45) is 0 Å². The molecule has 0 fully saturated rings. The van der Waals surface area contributed by atoms with E-state index in [-0.39, 0.29) is 11.7 Å². The second-order valence-corrected chi connectivity index (χ2v) is 8.80. The maximum Gasteiger partial charge on any atom is 0.233 e. The Morgan fingerprint density at radius 3 is 2.41 bits per heavy atom. The highest BCUT2D eigenvalue weighted by Gasteiger charge is 2.19. The number of carbonyl (C=O) groups is 1. The second-order valence-electron chi connectivity index (χ2n) is 7.86. The number of thioether (sulfide) groups is 1. The van der Waals surface area contributed by atoms with Crippen molar-refractivity contribution in [3.63, 3.8) is 0 Å². The summed E-state index contributed by atoms with van der Waals surface area (Å²) in [5.41, 5.74) is 2.91. The van der Waals surface area contributed by atoms with Gasteiger partial charge < -0.3 is 14.4 Å². The third-order valence-corrected chi connectivity index (χ3v) is 6.37. The molecule has 0 bridgehead atoms. The van der Waals surface area contributed by atoms with E-state index in [1.165, 1.54) is 11.8 Å². The second kappa shape index (κ2) is 10.0. The summed E-state index contributed by atoms with van der Waals surface area (Å²) in [6, 6.07) is 25.7. The lowest BCUT2D eigenvalue weighted by atomic mass is 10.2. The summed E-state index contributed by atoms with van der Waals surface area (Å²) in [6.45, 7) is 1.58. The summed E-state index contributed by atoms with van der Waals surface area (Å²) in [7, 11) is 1.80. The fourth-order valence-electron chi connectivity index (χ4n) is 3.73. The molecule has 1 aromatic heterocycles. The smallest absolute Gasteiger partial charge is 0.233 e. The van der Waals surface area contributed by atoms with Gasteiger partial charge in [0.15, 0.2) is 22.5 Å². The first-order valence-electron chi connectivity index (χ1n) is 11.0. The zero-order chi connectivity index (χ0) is 23.3. The summed E-state index contributed by atoms with van der Waals surface area (Å²) in [5, 5.41) is 9.52. The van der Waals surface area contributed by atoms with E-state index < -0.39 is 0 Å². The fourth-order valence-corrected chi connectivity index (χ4v) is 4.62. The van der Waals surface area contributed by atoms with E-state index in [9.17, 15) is 4.79 Å². The molecule has 8 heteroatoms. The molecule has 4 aromatic rings. The Bertz CT molecular complexity index is 1280. The summed E-state index contributed by atoms with van der Waals surface area (Å²) >= 11 is 1.38. The number of benzene rings is 3. The molecule has 1 aliphatic heterocycles. The van der Waals surface area contributed by atoms with E-state index in [4.69, 9.17) is 9.47 Å². The zero-order valence-corrected chi connectivity index (χ0v) is 19.6. The number of fused-ring (bicyclic) bond motifs is 1. The number of para-hydroxylation sites is 1. The predicted molar refractivity (Wildman–Crippen MR) is 131 cm³/mol. The number of nitrogens with zero attached hydrogens (tertiary/aromatic N) is 4. The van der Waals surface area contributed by atoms with Gasteiger partial charge in [-0.25, -0.2) is 0 Å². The van der Waals surface area contributed by atoms with E-state index in [1.807, 2.05) is 83.4 Å². The van der Waals surface area contributed by atoms with Crippen molar-refractivity contribution in [1.29, 1.82) is 0 Å². The van der Waals surface area contributed by atoms with Crippen LogP contribution in [-0.2, 0) is 11.3 Å². The van der Waals surface area contributed by atoms with Crippen LogP contribution in [-0.4, -0.2) is 51.6 Å². The Morgan fingerprint density at radius 1 is 0.941 bits per heavy atom. The lowest BCUT2D eigenvalue weighted by molar-refractivity contribution is -0.127. The first-order valence-corrected chi connectivity index (χ1v) is 12.0. The Hall–Kier alpha value is -3.78. The maximum atomic E-state index is 12.9. The van der Waals surface area contributed by atoms with Gasteiger partial charge in [-0.15, -0.1) is 10.2 Å². The van der Waals surface area contributed by atoms with E-state index in [2.05, 4.69) is 10.2 Å². The van der Waals surface area contributed by atoms with Crippen LogP contribution in [0, 0.1) is 0 Å². The molecule has 0 saturated carbocycles. The Balaban J connectivity index is 1.31. The van der Waals surface area contributed by atoms with Crippen LogP contribution in [0.3, 0.4) is 0 Å². The molecule has 0 saturated heterocycles. The number of aromatic nitrogens is 3. The average molecular weight is 473 g/mol. The molecule has 1 aliphatic rings. The highest BCUT2D eigenvalue weighted by Crippen LogP contribution is 2.31. The molecule has 5 rings (SSSR count). The monoisotopic (exact) mass is 472 g/mol. The topological polar surface area (TPSA) is 69.5 Å². The number of ether oxygens (including phenoxy) is 2. The summed E-state index contributed by atoms with van der Waals surface area (Å²) in [6.07, 6.45) is 0. The van der Waals surface area contributed by atoms with Crippen molar-refractivity contribution in [2.45, 2.75) is 11.7 Å². The Kier molecular flexibility index (Phi) is 6.49. The Labute approximate surface area is 202 Å². The minimum Gasteiger partial charge on any atom is -0.486 e. The lowest BCUT2D eigenvalue weighted by Gasteiger charge is -2.21. The van der Waals surface area contributed by atoms with Crippen molar-refractivity contribution in [2.75, 3.05) is 26.0 Å². The average Bonchev–Trinajstić information content (AvgIpc) is 3.32. The number of amides is 1. The molecule has 0 N–H and O–H groups in total. The van der Waals surface area contributed by atoms with Gasteiger partial charge in [-0.2, -0.15) is 0 Å². The van der Waals surface area contributed by atoms with Crippen molar-refractivity contribution < 1.29 is 14.3 Å². The van der Waals surface area contributed by atoms with Crippen molar-refractivity contribution in [3.8, 4) is 28.6 Å². The molecule has 172 valence electrons. The number of rotatable bonds is 7.